The van der Waals surface area contributed by atoms with Crippen molar-refractivity contribution >= 4 is 21.6 Å². The highest BCUT2D eigenvalue weighted by Gasteiger charge is 2.30. The highest BCUT2D eigenvalue weighted by Crippen LogP contribution is 2.31. The van der Waals surface area contributed by atoms with Gasteiger partial charge in [0.2, 0.25) is 15.9 Å². The quantitative estimate of drug-likeness (QED) is 0.780. The lowest BCUT2D eigenvalue weighted by Crippen LogP contribution is -2.42. The fraction of sp³-hybridized carbons (Fsp3) is 0.533. The van der Waals surface area contributed by atoms with Gasteiger partial charge in [-0.25, -0.2) is 8.42 Å². The maximum absolute atomic E-state index is 12.6. The molecule has 0 N–H and O–H groups in total. The van der Waals surface area contributed by atoms with Gasteiger partial charge in [0.1, 0.15) is 0 Å². The zero-order valence-electron chi connectivity index (χ0n) is 13.6. The summed E-state index contributed by atoms with van der Waals surface area (Å²) >= 11 is 0. The van der Waals surface area contributed by atoms with Crippen LogP contribution in [-0.4, -0.2) is 58.3 Å². The van der Waals surface area contributed by atoms with E-state index in [1.165, 1.54) is 0 Å². The van der Waals surface area contributed by atoms with Crippen LogP contribution in [0, 0.1) is 0 Å². The number of amides is 1. The van der Waals surface area contributed by atoms with Crippen LogP contribution in [-0.2, 0) is 25.7 Å². The molecule has 0 unspecified atom stereocenters. The Morgan fingerprint density at radius 2 is 1.76 bits per heavy atom. The van der Waals surface area contributed by atoms with Gasteiger partial charge in [-0.2, -0.15) is 13.2 Å². The van der Waals surface area contributed by atoms with E-state index < -0.39 is 21.8 Å². The smallest absolute Gasteiger partial charge is 0.378 e. The van der Waals surface area contributed by atoms with Crippen LogP contribution in [0.2, 0.25) is 0 Å². The van der Waals surface area contributed by atoms with Gasteiger partial charge in [0, 0.05) is 26.1 Å². The Balaban J connectivity index is 2.10. The van der Waals surface area contributed by atoms with Crippen LogP contribution in [0.5, 0.6) is 0 Å². The predicted octanol–water partition coefficient (Wildman–Crippen LogP) is 1.72. The number of morpholine rings is 1. The van der Waals surface area contributed by atoms with Crippen LogP contribution in [0.15, 0.2) is 24.3 Å². The van der Waals surface area contributed by atoms with Gasteiger partial charge in [0.15, 0.2) is 0 Å². The SMILES string of the molecule is CS(=O)(=O)N(CCC(=O)N1CCOCC1)c1ccc(C(F)(F)F)cc1. The minimum Gasteiger partial charge on any atom is -0.378 e. The van der Waals surface area contributed by atoms with E-state index in [1.807, 2.05) is 0 Å². The highest BCUT2D eigenvalue weighted by atomic mass is 32.2. The summed E-state index contributed by atoms with van der Waals surface area (Å²) in [4.78, 5) is 13.7. The zero-order chi connectivity index (χ0) is 18.7. The normalized spacial score (nSPS) is 15.9. The fourth-order valence-electron chi connectivity index (χ4n) is 2.47. The van der Waals surface area contributed by atoms with Gasteiger partial charge in [-0.3, -0.25) is 9.10 Å². The molecule has 0 aliphatic carbocycles. The number of ether oxygens (including phenoxy) is 1. The molecule has 1 aromatic carbocycles. The molecular weight excluding hydrogens is 361 g/mol. The zero-order valence-corrected chi connectivity index (χ0v) is 14.4. The maximum atomic E-state index is 12.6. The summed E-state index contributed by atoms with van der Waals surface area (Å²) in [5.74, 6) is -0.219. The molecule has 1 amide bonds. The lowest BCUT2D eigenvalue weighted by atomic mass is 10.2. The van der Waals surface area contributed by atoms with Crippen molar-refractivity contribution in [1.82, 2.24) is 4.90 Å². The summed E-state index contributed by atoms with van der Waals surface area (Å²) < 4.78 is 67.9. The van der Waals surface area contributed by atoms with Gasteiger partial charge in [0.25, 0.3) is 0 Å². The molecule has 0 aromatic heterocycles. The van der Waals surface area contributed by atoms with Gasteiger partial charge >= 0.3 is 6.18 Å². The number of halogens is 3. The predicted molar refractivity (Wildman–Crippen MR) is 85.6 cm³/mol. The average Bonchev–Trinajstić information content (AvgIpc) is 2.54. The van der Waals surface area contributed by atoms with Crippen molar-refractivity contribution in [1.29, 1.82) is 0 Å². The van der Waals surface area contributed by atoms with Crippen LogP contribution < -0.4 is 4.31 Å². The highest BCUT2D eigenvalue weighted by molar-refractivity contribution is 7.92. The van der Waals surface area contributed by atoms with Gasteiger partial charge in [-0.1, -0.05) is 0 Å². The Bertz CT molecular complexity index is 698. The van der Waals surface area contributed by atoms with Gasteiger partial charge < -0.3 is 9.64 Å². The number of rotatable bonds is 5. The van der Waals surface area contributed by atoms with Crippen LogP contribution in [0.1, 0.15) is 12.0 Å². The number of anilines is 1. The van der Waals surface area contributed by atoms with Crippen molar-refractivity contribution < 1.29 is 31.1 Å². The van der Waals surface area contributed by atoms with E-state index in [-0.39, 0.29) is 24.6 Å². The summed E-state index contributed by atoms with van der Waals surface area (Å²) in [5, 5.41) is 0. The van der Waals surface area contributed by atoms with E-state index in [1.54, 1.807) is 4.90 Å². The molecule has 1 fully saturated rings. The summed E-state index contributed by atoms with van der Waals surface area (Å²) in [6, 6.07) is 3.81. The minimum atomic E-state index is -4.50. The molecule has 0 spiro atoms. The molecular formula is C15H19F3N2O4S. The van der Waals surface area contributed by atoms with Crippen LogP contribution in [0.25, 0.3) is 0 Å². The second-order valence-electron chi connectivity index (χ2n) is 5.62. The fourth-order valence-corrected chi connectivity index (χ4v) is 3.40. The number of nitrogens with zero attached hydrogens (tertiary/aromatic N) is 2. The van der Waals surface area contributed by atoms with Crippen molar-refractivity contribution in [2.75, 3.05) is 43.4 Å². The molecule has 25 heavy (non-hydrogen) atoms. The van der Waals surface area contributed by atoms with Crippen molar-refractivity contribution in [2.24, 2.45) is 0 Å². The molecule has 2 rings (SSSR count). The topological polar surface area (TPSA) is 66.9 Å². The molecule has 10 heteroatoms. The van der Waals surface area contributed by atoms with E-state index in [4.69, 9.17) is 4.74 Å². The number of carbonyl (C=O) groups excluding carboxylic acids is 1. The van der Waals surface area contributed by atoms with E-state index in [0.29, 0.717) is 26.3 Å². The number of hydrogen-bond donors (Lipinski definition) is 0. The number of benzene rings is 1. The van der Waals surface area contributed by atoms with Crippen molar-refractivity contribution in [3.05, 3.63) is 29.8 Å². The van der Waals surface area contributed by atoms with E-state index in [9.17, 15) is 26.4 Å². The lowest BCUT2D eigenvalue weighted by Gasteiger charge is -2.28. The molecule has 6 nitrogen and oxygen atoms in total. The first-order valence-corrected chi connectivity index (χ1v) is 9.44. The largest absolute Gasteiger partial charge is 0.416 e. The third-order valence-corrected chi connectivity index (χ3v) is 4.97. The Morgan fingerprint density at radius 3 is 2.24 bits per heavy atom. The maximum Gasteiger partial charge on any atom is 0.416 e. The summed E-state index contributed by atoms with van der Waals surface area (Å²) in [5.41, 5.74) is -0.778. The molecule has 0 atom stereocenters. The first-order chi connectivity index (χ1) is 11.6. The van der Waals surface area contributed by atoms with Crippen LogP contribution >= 0.6 is 0 Å². The number of hydrogen-bond acceptors (Lipinski definition) is 4. The van der Waals surface area contributed by atoms with E-state index in [0.717, 1.165) is 34.8 Å². The second-order valence-corrected chi connectivity index (χ2v) is 7.53. The first kappa shape index (κ1) is 19.5. The van der Waals surface area contributed by atoms with Gasteiger partial charge in [0.05, 0.1) is 30.7 Å². The molecule has 1 aromatic rings. The molecule has 1 aliphatic rings. The van der Waals surface area contributed by atoms with E-state index in [2.05, 4.69) is 0 Å². The van der Waals surface area contributed by atoms with Crippen LogP contribution in [0.3, 0.4) is 0 Å². The summed E-state index contributed by atoms with van der Waals surface area (Å²) in [6.45, 7) is 1.61. The Labute approximate surface area is 144 Å². The van der Waals surface area contributed by atoms with E-state index >= 15 is 0 Å². The lowest BCUT2D eigenvalue weighted by molar-refractivity contribution is -0.137. The number of sulfonamides is 1. The Kier molecular flexibility index (Phi) is 5.94. The molecule has 0 saturated carbocycles. The van der Waals surface area contributed by atoms with Gasteiger partial charge in [-0.15, -0.1) is 0 Å². The number of alkyl halides is 3. The van der Waals surface area contributed by atoms with Gasteiger partial charge in [-0.05, 0) is 24.3 Å². The molecule has 1 aliphatic heterocycles. The standard InChI is InChI=1S/C15H19F3N2O4S/c1-25(22,23)20(7-6-14(21)19-8-10-24-11-9-19)13-4-2-12(3-5-13)15(16,17)18/h2-5H,6-11H2,1H3. The Hall–Kier alpha value is -1.81. The summed E-state index contributed by atoms with van der Waals surface area (Å²) in [7, 11) is -3.74. The third-order valence-electron chi connectivity index (χ3n) is 3.78. The molecule has 0 radical (unpaired) electrons. The average molecular weight is 380 g/mol. The minimum absolute atomic E-state index is 0.0614. The van der Waals surface area contributed by atoms with Crippen molar-refractivity contribution in [3.63, 3.8) is 0 Å². The van der Waals surface area contributed by atoms with Crippen molar-refractivity contribution in [3.8, 4) is 0 Å². The summed E-state index contributed by atoms with van der Waals surface area (Å²) in [6.07, 6.45) is -3.61. The van der Waals surface area contributed by atoms with Crippen LogP contribution in [0.4, 0.5) is 18.9 Å². The third kappa shape index (κ3) is 5.33. The monoisotopic (exact) mass is 380 g/mol. The molecule has 1 heterocycles. The number of carbonyl (C=O) groups is 1. The van der Waals surface area contributed by atoms with Crippen molar-refractivity contribution in [2.45, 2.75) is 12.6 Å². The molecule has 0 bridgehead atoms. The first-order valence-electron chi connectivity index (χ1n) is 7.59. The second kappa shape index (κ2) is 7.61. The molecule has 140 valence electrons. The Morgan fingerprint density at radius 1 is 1.20 bits per heavy atom. The molecule has 1 saturated heterocycles.